The molecule has 0 atom stereocenters. The van der Waals surface area contributed by atoms with E-state index in [0.717, 1.165) is 39.0 Å². The Labute approximate surface area is 131 Å². The third kappa shape index (κ3) is 7.70. The lowest BCUT2D eigenvalue weighted by Crippen LogP contribution is -2.52. The SMILES string of the molecule is CCCCCC(CCCCC)NC(=O)N1CCN(C)CC1. The number of rotatable bonds is 9. The zero-order valence-electron chi connectivity index (χ0n) is 14.4. The van der Waals surface area contributed by atoms with E-state index in [9.17, 15) is 4.79 Å². The Morgan fingerprint density at radius 3 is 1.95 bits per heavy atom. The standard InChI is InChI=1S/C17H35N3O/c1-4-6-8-10-16(11-9-7-5-2)18-17(21)20-14-12-19(3)13-15-20/h16H,4-15H2,1-3H3,(H,18,21). The summed E-state index contributed by atoms with van der Waals surface area (Å²) in [5.41, 5.74) is 0. The zero-order chi connectivity index (χ0) is 15.5. The van der Waals surface area contributed by atoms with E-state index in [1.807, 2.05) is 4.90 Å². The maximum absolute atomic E-state index is 12.4. The Kier molecular flexibility index (Phi) is 9.48. The number of unbranched alkanes of at least 4 members (excludes halogenated alkanes) is 4. The molecule has 1 N–H and O–H groups in total. The number of carbonyl (C=O) groups is 1. The monoisotopic (exact) mass is 297 g/mol. The van der Waals surface area contributed by atoms with Crippen LogP contribution in [0.15, 0.2) is 0 Å². The van der Waals surface area contributed by atoms with Crippen molar-refractivity contribution in [1.82, 2.24) is 15.1 Å². The normalized spacial score (nSPS) is 16.5. The molecule has 0 unspecified atom stereocenters. The molecular formula is C17H35N3O. The minimum absolute atomic E-state index is 0.154. The van der Waals surface area contributed by atoms with Gasteiger partial charge in [0, 0.05) is 32.2 Å². The summed E-state index contributed by atoms with van der Waals surface area (Å²) in [4.78, 5) is 16.6. The minimum Gasteiger partial charge on any atom is -0.335 e. The van der Waals surface area contributed by atoms with Gasteiger partial charge in [-0.15, -0.1) is 0 Å². The van der Waals surface area contributed by atoms with Crippen LogP contribution in [0.5, 0.6) is 0 Å². The van der Waals surface area contributed by atoms with Gasteiger partial charge in [-0.3, -0.25) is 0 Å². The van der Waals surface area contributed by atoms with E-state index in [1.165, 1.54) is 38.5 Å². The average Bonchev–Trinajstić information content (AvgIpc) is 2.48. The molecule has 0 aromatic heterocycles. The van der Waals surface area contributed by atoms with E-state index in [-0.39, 0.29) is 6.03 Å². The summed E-state index contributed by atoms with van der Waals surface area (Å²) in [6.07, 6.45) is 9.77. The molecule has 4 heteroatoms. The maximum Gasteiger partial charge on any atom is 0.317 e. The van der Waals surface area contributed by atoms with Crippen LogP contribution in [0.4, 0.5) is 4.79 Å². The van der Waals surface area contributed by atoms with Gasteiger partial charge < -0.3 is 15.1 Å². The van der Waals surface area contributed by atoms with Gasteiger partial charge in [0.2, 0.25) is 0 Å². The summed E-state index contributed by atoms with van der Waals surface area (Å²) < 4.78 is 0. The fraction of sp³-hybridized carbons (Fsp3) is 0.941. The van der Waals surface area contributed by atoms with Crippen LogP contribution in [0.25, 0.3) is 0 Å². The molecule has 21 heavy (non-hydrogen) atoms. The average molecular weight is 297 g/mol. The third-order valence-electron chi connectivity index (χ3n) is 4.43. The molecule has 1 aliphatic heterocycles. The van der Waals surface area contributed by atoms with E-state index in [4.69, 9.17) is 0 Å². The summed E-state index contributed by atoms with van der Waals surface area (Å²) >= 11 is 0. The molecular weight excluding hydrogens is 262 g/mol. The number of likely N-dealkylation sites (N-methyl/N-ethyl adjacent to an activating group) is 1. The fourth-order valence-electron chi connectivity index (χ4n) is 2.85. The first-order chi connectivity index (χ1) is 10.2. The molecule has 0 radical (unpaired) electrons. The molecule has 0 aliphatic carbocycles. The van der Waals surface area contributed by atoms with Crippen molar-refractivity contribution >= 4 is 6.03 Å². The van der Waals surface area contributed by atoms with E-state index in [1.54, 1.807) is 0 Å². The van der Waals surface area contributed by atoms with Gasteiger partial charge in [0.15, 0.2) is 0 Å². The Hall–Kier alpha value is -0.770. The van der Waals surface area contributed by atoms with Crippen molar-refractivity contribution in [2.24, 2.45) is 0 Å². The molecule has 1 aliphatic rings. The lowest BCUT2D eigenvalue weighted by molar-refractivity contribution is 0.150. The first kappa shape index (κ1) is 18.3. The Morgan fingerprint density at radius 2 is 1.48 bits per heavy atom. The van der Waals surface area contributed by atoms with Crippen LogP contribution >= 0.6 is 0 Å². The van der Waals surface area contributed by atoms with Gasteiger partial charge in [0.25, 0.3) is 0 Å². The second kappa shape index (κ2) is 10.9. The molecule has 0 saturated carbocycles. The van der Waals surface area contributed by atoms with Crippen molar-refractivity contribution < 1.29 is 4.79 Å². The van der Waals surface area contributed by atoms with Gasteiger partial charge in [0.05, 0.1) is 0 Å². The first-order valence-electron chi connectivity index (χ1n) is 8.91. The van der Waals surface area contributed by atoms with Gasteiger partial charge in [-0.2, -0.15) is 0 Å². The van der Waals surface area contributed by atoms with Crippen molar-refractivity contribution in [2.75, 3.05) is 33.2 Å². The van der Waals surface area contributed by atoms with Gasteiger partial charge in [-0.1, -0.05) is 52.4 Å². The molecule has 0 aromatic rings. The predicted molar refractivity (Wildman–Crippen MR) is 89.7 cm³/mol. The van der Waals surface area contributed by atoms with Crippen LogP contribution in [0, 0.1) is 0 Å². The summed E-state index contributed by atoms with van der Waals surface area (Å²) in [5, 5.41) is 3.29. The van der Waals surface area contributed by atoms with Crippen LogP contribution in [0.1, 0.15) is 65.2 Å². The smallest absolute Gasteiger partial charge is 0.317 e. The van der Waals surface area contributed by atoms with Gasteiger partial charge >= 0.3 is 6.03 Å². The van der Waals surface area contributed by atoms with Crippen molar-refractivity contribution in [3.05, 3.63) is 0 Å². The predicted octanol–water partition coefficient (Wildman–Crippen LogP) is 3.47. The highest BCUT2D eigenvalue weighted by Gasteiger charge is 2.21. The number of nitrogens with one attached hydrogen (secondary N) is 1. The topological polar surface area (TPSA) is 35.6 Å². The van der Waals surface area contributed by atoms with E-state index in [2.05, 4.69) is 31.1 Å². The van der Waals surface area contributed by atoms with Gasteiger partial charge in [-0.05, 0) is 19.9 Å². The van der Waals surface area contributed by atoms with E-state index < -0.39 is 0 Å². The highest BCUT2D eigenvalue weighted by molar-refractivity contribution is 5.74. The van der Waals surface area contributed by atoms with Crippen LogP contribution in [-0.4, -0.2) is 55.1 Å². The molecule has 2 amide bonds. The lowest BCUT2D eigenvalue weighted by Gasteiger charge is -2.33. The zero-order valence-corrected chi connectivity index (χ0v) is 14.4. The van der Waals surface area contributed by atoms with Crippen LogP contribution in [0.3, 0.4) is 0 Å². The summed E-state index contributed by atoms with van der Waals surface area (Å²) in [6.45, 7) is 8.16. The van der Waals surface area contributed by atoms with Gasteiger partial charge in [0.1, 0.15) is 0 Å². The molecule has 0 spiro atoms. The number of amides is 2. The molecule has 0 aromatic carbocycles. The van der Waals surface area contributed by atoms with Crippen molar-refractivity contribution in [1.29, 1.82) is 0 Å². The van der Waals surface area contributed by atoms with Crippen molar-refractivity contribution in [2.45, 2.75) is 71.3 Å². The molecule has 124 valence electrons. The highest BCUT2D eigenvalue weighted by Crippen LogP contribution is 2.12. The van der Waals surface area contributed by atoms with Crippen LogP contribution in [0.2, 0.25) is 0 Å². The van der Waals surface area contributed by atoms with E-state index >= 15 is 0 Å². The molecule has 4 nitrogen and oxygen atoms in total. The van der Waals surface area contributed by atoms with Crippen LogP contribution in [-0.2, 0) is 0 Å². The Bertz CT molecular complexity index is 265. The number of urea groups is 1. The van der Waals surface area contributed by atoms with Crippen molar-refractivity contribution in [3.8, 4) is 0 Å². The van der Waals surface area contributed by atoms with Crippen LogP contribution < -0.4 is 5.32 Å². The largest absolute Gasteiger partial charge is 0.335 e. The highest BCUT2D eigenvalue weighted by atomic mass is 16.2. The molecule has 1 rings (SSSR count). The molecule has 1 fully saturated rings. The number of hydrogen-bond acceptors (Lipinski definition) is 2. The number of carbonyl (C=O) groups excluding carboxylic acids is 1. The number of piperazine rings is 1. The summed E-state index contributed by atoms with van der Waals surface area (Å²) in [6, 6.07) is 0.524. The molecule has 1 saturated heterocycles. The summed E-state index contributed by atoms with van der Waals surface area (Å²) in [7, 11) is 2.12. The number of hydrogen-bond donors (Lipinski definition) is 1. The first-order valence-corrected chi connectivity index (χ1v) is 8.91. The second-order valence-electron chi connectivity index (χ2n) is 6.43. The lowest BCUT2D eigenvalue weighted by atomic mass is 10.0. The fourth-order valence-corrected chi connectivity index (χ4v) is 2.85. The summed E-state index contributed by atoms with van der Waals surface area (Å²) in [5.74, 6) is 0. The minimum atomic E-state index is 0.154. The molecule has 1 heterocycles. The molecule has 0 bridgehead atoms. The Balaban J connectivity index is 2.35. The quantitative estimate of drug-likeness (QED) is 0.661. The van der Waals surface area contributed by atoms with Crippen molar-refractivity contribution in [3.63, 3.8) is 0 Å². The van der Waals surface area contributed by atoms with Gasteiger partial charge in [-0.25, -0.2) is 4.79 Å². The Morgan fingerprint density at radius 1 is 0.952 bits per heavy atom. The maximum atomic E-state index is 12.4. The third-order valence-corrected chi connectivity index (χ3v) is 4.43. The van der Waals surface area contributed by atoms with E-state index in [0.29, 0.717) is 6.04 Å². The second-order valence-corrected chi connectivity index (χ2v) is 6.43. The number of nitrogens with zero attached hydrogens (tertiary/aromatic N) is 2.